The van der Waals surface area contributed by atoms with Gasteiger partial charge >= 0.3 is 0 Å². The second kappa shape index (κ2) is 7.64. The zero-order valence-corrected chi connectivity index (χ0v) is 15.6. The van der Waals surface area contributed by atoms with E-state index in [-0.39, 0.29) is 24.3 Å². The topological polar surface area (TPSA) is 62.3 Å². The third kappa shape index (κ3) is 3.64. The number of anilines is 1. The van der Waals surface area contributed by atoms with Crippen molar-refractivity contribution in [1.29, 1.82) is 0 Å². The Morgan fingerprint density at radius 3 is 2.61 bits per heavy atom. The SMILES string of the molecule is Cc1ccc(C(CC(=O)Nc2cccnc2)N2Cc3ccccc3C2=O)cc1. The van der Waals surface area contributed by atoms with Crippen LogP contribution in [0, 0.1) is 6.92 Å². The molecule has 28 heavy (non-hydrogen) atoms. The minimum absolute atomic E-state index is 0.0321. The Morgan fingerprint density at radius 2 is 1.89 bits per heavy atom. The molecule has 0 saturated heterocycles. The van der Waals surface area contributed by atoms with Crippen LogP contribution in [0.5, 0.6) is 0 Å². The molecule has 140 valence electrons. The lowest BCUT2D eigenvalue weighted by Gasteiger charge is -2.28. The molecule has 1 atom stereocenters. The zero-order chi connectivity index (χ0) is 19.5. The predicted octanol–water partition coefficient (Wildman–Crippen LogP) is 4.12. The first kappa shape index (κ1) is 17.9. The molecule has 4 rings (SSSR count). The number of benzene rings is 2. The first-order chi connectivity index (χ1) is 13.6. The van der Waals surface area contributed by atoms with Gasteiger partial charge in [-0.3, -0.25) is 14.6 Å². The number of aryl methyl sites for hydroxylation is 1. The van der Waals surface area contributed by atoms with Gasteiger partial charge in [0.2, 0.25) is 5.91 Å². The molecule has 2 aromatic carbocycles. The Bertz CT molecular complexity index is 1000. The van der Waals surface area contributed by atoms with E-state index in [1.54, 1.807) is 29.4 Å². The van der Waals surface area contributed by atoms with E-state index in [9.17, 15) is 9.59 Å². The summed E-state index contributed by atoms with van der Waals surface area (Å²) in [5.74, 6) is -0.183. The Morgan fingerprint density at radius 1 is 1.11 bits per heavy atom. The maximum absolute atomic E-state index is 13.0. The Balaban J connectivity index is 1.61. The fraction of sp³-hybridized carbons (Fsp3) is 0.174. The van der Waals surface area contributed by atoms with Crippen LogP contribution in [-0.2, 0) is 11.3 Å². The number of rotatable bonds is 5. The molecular weight excluding hydrogens is 350 g/mol. The van der Waals surface area contributed by atoms with Gasteiger partial charge in [-0.05, 0) is 36.2 Å². The van der Waals surface area contributed by atoms with Crippen molar-refractivity contribution >= 4 is 17.5 Å². The number of fused-ring (bicyclic) bond motifs is 1. The molecule has 0 spiro atoms. The molecule has 1 aliphatic heterocycles. The van der Waals surface area contributed by atoms with Gasteiger partial charge in [-0.2, -0.15) is 0 Å². The van der Waals surface area contributed by atoms with Crippen molar-refractivity contribution in [2.75, 3.05) is 5.32 Å². The molecule has 1 unspecified atom stereocenters. The average molecular weight is 371 g/mol. The fourth-order valence-corrected chi connectivity index (χ4v) is 3.55. The Kier molecular flexibility index (Phi) is 4.89. The minimum atomic E-state index is -0.336. The third-order valence-corrected chi connectivity index (χ3v) is 5.01. The van der Waals surface area contributed by atoms with Gasteiger partial charge in [0.05, 0.1) is 24.3 Å². The number of hydrogen-bond acceptors (Lipinski definition) is 3. The van der Waals surface area contributed by atoms with Crippen molar-refractivity contribution in [3.63, 3.8) is 0 Å². The van der Waals surface area contributed by atoms with Gasteiger partial charge in [-0.1, -0.05) is 48.0 Å². The van der Waals surface area contributed by atoms with E-state index in [4.69, 9.17) is 0 Å². The third-order valence-electron chi connectivity index (χ3n) is 5.01. The monoisotopic (exact) mass is 371 g/mol. The summed E-state index contributed by atoms with van der Waals surface area (Å²) in [5, 5.41) is 2.87. The first-order valence-electron chi connectivity index (χ1n) is 9.27. The molecular formula is C23H21N3O2. The molecule has 0 saturated carbocycles. The van der Waals surface area contributed by atoms with Gasteiger partial charge in [-0.15, -0.1) is 0 Å². The first-order valence-corrected chi connectivity index (χ1v) is 9.27. The summed E-state index contributed by atoms with van der Waals surface area (Å²) in [6, 6.07) is 18.9. The van der Waals surface area contributed by atoms with Crippen LogP contribution in [0.25, 0.3) is 0 Å². The Labute approximate surface area is 164 Å². The number of nitrogens with zero attached hydrogens (tertiary/aromatic N) is 2. The quantitative estimate of drug-likeness (QED) is 0.734. The summed E-state index contributed by atoms with van der Waals surface area (Å²) in [6.45, 7) is 2.53. The molecule has 0 radical (unpaired) electrons. The van der Waals surface area contributed by atoms with Crippen molar-refractivity contribution < 1.29 is 9.59 Å². The highest BCUT2D eigenvalue weighted by Crippen LogP contribution is 2.33. The van der Waals surface area contributed by atoms with Crippen molar-refractivity contribution in [2.24, 2.45) is 0 Å². The molecule has 3 aromatic rings. The van der Waals surface area contributed by atoms with Gasteiger partial charge in [0.1, 0.15) is 0 Å². The second-order valence-corrected chi connectivity index (χ2v) is 7.01. The van der Waals surface area contributed by atoms with Crippen molar-refractivity contribution in [3.8, 4) is 0 Å². The van der Waals surface area contributed by atoms with Gasteiger partial charge < -0.3 is 10.2 Å². The number of aromatic nitrogens is 1. The van der Waals surface area contributed by atoms with E-state index in [1.807, 2.05) is 55.5 Å². The Hall–Kier alpha value is -3.47. The highest BCUT2D eigenvalue weighted by atomic mass is 16.2. The van der Waals surface area contributed by atoms with E-state index in [1.165, 1.54) is 0 Å². The van der Waals surface area contributed by atoms with Gasteiger partial charge in [0.25, 0.3) is 5.91 Å². The summed E-state index contributed by atoms with van der Waals surface area (Å²) in [5.41, 5.74) is 4.45. The fourth-order valence-electron chi connectivity index (χ4n) is 3.55. The van der Waals surface area contributed by atoms with Crippen molar-refractivity contribution in [1.82, 2.24) is 9.88 Å². The zero-order valence-electron chi connectivity index (χ0n) is 15.6. The molecule has 2 heterocycles. The minimum Gasteiger partial charge on any atom is -0.327 e. The summed E-state index contributed by atoms with van der Waals surface area (Å²) in [6.07, 6.45) is 3.44. The lowest BCUT2D eigenvalue weighted by atomic mass is 10.00. The maximum atomic E-state index is 13.0. The summed E-state index contributed by atoms with van der Waals surface area (Å²) in [4.78, 5) is 31.5. The lowest BCUT2D eigenvalue weighted by Crippen LogP contribution is -2.32. The second-order valence-electron chi connectivity index (χ2n) is 7.01. The van der Waals surface area contributed by atoms with Crippen LogP contribution >= 0.6 is 0 Å². The number of carbonyl (C=O) groups is 2. The molecule has 1 aromatic heterocycles. The van der Waals surface area contributed by atoms with Crippen LogP contribution in [-0.4, -0.2) is 21.7 Å². The molecule has 5 nitrogen and oxygen atoms in total. The molecule has 0 bridgehead atoms. The van der Waals surface area contributed by atoms with E-state index < -0.39 is 0 Å². The van der Waals surface area contributed by atoms with Crippen molar-refractivity contribution in [3.05, 3.63) is 95.3 Å². The molecule has 5 heteroatoms. The number of nitrogens with one attached hydrogen (secondary N) is 1. The van der Waals surface area contributed by atoms with Crippen LogP contribution in [0.3, 0.4) is 0 Å². The van der Waals surface area contributed by atoms with Crippen LogP contribution < -0.4 is 5.32 Å². The number of amides is 2. The number of hydrogen-bond donors (Lipinski definition) is 1. The highest BCUT2D eigenvalue weighted by Gasteiger charge is 2.34. The predicted molar refractivity (Wildman–Crippen MR) is 108 cm³/mol. The molecule has 2 amide bonds. The van der Waals surface area contributed by atoms with Crippen LogP contribution in [0.2, 0.25) is 0 Å². The van der Waals surface area contributed by atoms with Crippen molar-refractivity contribution in [2.45, 2.75) is 25.9 Å². The van der Waals surface area contributed by atoms with E-state index in [2.05, 4.69) is 10.3 Å². The van der Waals surface area contributed by atoms with Crippen LogP contribution in [0.1, 0.15) is 39.5 Å². The molecule has 1 aliphatic rings. The molecule has 0 fully saturated rings. The summed E-state index contributed by atoms with van der Waals surface area (Å²) >= 11 is 0. The normalized spacial score (nSPS) is 13.9. The van der Waals surface area contributed by atoms with E-state index in [0.29, 0.717) is 17.8 Å². The largest absolute Gasteiger partial charge is 0.327 e. The lowest BCUT2D eigenvalue weighted by molar-refractivity contribution is -0.117. The smallest absolute Gasteiger partial charge is 0.255 e. The highest BCUT2D eigenvalue weighted by molar-refractivity contribution is 5.99. The van der Waals surface area contributed by atoms with E-state index in [0.717, 1.165) is 16.7 Å². The molecule has 1 N–H and O–H groups in total. The van der Waals surface area contributed by atoms with Gasteiger partial charge in [0.15, 0.2) is 0 Å². The average Bonchev–Trinajstić information content (AvgIpc) is 3.04. The maximum Gasteiger partial charge on any atom is 0.255 e. The summed E-state index contributed by atoms with van der Waals surface area (Å²) < 4.78 is 0. The van der Waals surface area contributed by atoms with Gasteiger partial charge in [0, 0.05) is 18.3 Å². The standard InChI is InChI=1S/C23H21N3O2/c1-16-8-10-17(11-9-16)21(13-22(27)25-19-6-4-12-24-14-19)26-15-18-5-2-3-7-20(18)23(26)28/h2-12,14,21H,13,15H2,1H3,(H,25,27). The number of pyridine rings is 1. The summed E-state index contributed by atoms with van der Waals surface area (Å²) in [7, 11) is 0. The molecule has 0 aliphatic carbocycles. The van der Waals surface area contributed by atoms with Crippen LogP contribution in [0.15, 0.2) is 73.1 Å². The van der Waals surface area contributed by atoms with Crippen LogP contribution in [0.4, 0.5) is 5.69 Å². The number of carbonyl (C=O) groups excluding carboxylic acids is 2. The van der Waals surface area contributed by atoms with Gasteiger partial charge in [-0.25, -0.2) is 0 Å². The van der Waals surface area contributed by atoms with E-state index >= 15 is 0 Å².